The lowest BCUT2D eigenvalue weighted by Gasteiger charge is -2.33. The zero-order chi connectivity index (χ0) is 21.2. The number of nitrogens with one attached hydrogen (secondary N) is 2. The minimum absolute atomic E-state index is 0.618. The molecule has 0 saturated carbocycles. The first kappa shape index (κ1) is 21.9. The summed E-state index contributed by atoms with van der Waals surface area (Å²) in [6.07, 6.45) is 2.76. The summed E-state index contributed by atoms with van der Waals surface area (Å²) < 4.78 is 5.44. The van der Waals surface area contributed by atoms with Gasteiger partial charge in [-0.2, -0.15) is 0 Å². The van der Waals surface area contributed by atoms with Crippen LogP contribution in [-0.4, -0.2) is 69.3 Å². The van der Waals surface area contributed by atoms with Crippen molar-refractivity contribution >= 4 is 11.8 Å². The van der Waals surface area contributed by atoms with Crippen molar-refractivity contribution in [2.75, 3.05) is 58.3 Å². The Labute approximate surface area is 180 Å². The van der Waals surface area contributed by atoms with Crippen LogP contribution < -0.4 is 20.3 Å². The van der Waals surface area contributed by atoms with Crippen molar-refractivity contribution in [1.29, 1.82) is 0 Å². The number of likely N-dealkylation sites (N-methyl/N-ethyl adjacent to an activating group) is 1. The van der Waals surface area contributed by atoms with Gasteiger partial charge in [-0.3, -0.25) is 0 Å². The van der Waals surface area contributed by atoms with Gasteiger partial charge in [-0.15, -0.1) is 0 Å². The van der Waals surface area contributed by atoms with Crippen LogP contribution >= 0.6 is 0 Å². The maximum atomic E-state index is 5.44. The number of ether oxygens (including phenoxy) is 1. The summed E-state index contributed by atoms with van der Waals surface area (Å²) in [6.45, 7) is 8.49. The molecule has 2 aromatic rings. The van der Waals surface area contributed by atoms with E-state index in [1.165, 1.54) is 11.1 Å². The summed E-state index contributed by atoms with van der Waals surface area (Å²) in [5.41, 5.74) is 2.36. The van der Waals surface area contributed by atoms with Gasteiger partial charge in [0.05, 0.1) is 13.7 Å². The predicted octanol–water partition coefficient (Wildman–Crippen LogP) is 2.14. The number of rotatable bonds is 8. The quantitative estimate of drug-likeness (QED) is 0.514. The first-order valence-corrected chi connectivity index (χ1v) is 10.7. The van der Waals surface area contributed by atoms with E-state index >= 15 is 0 Å². The summed E-state index contributed by atoms with van der Waals surface area (Å²) >= 11 is 0. The fourth-order valence-corrected chi connectivity index (χ4v) is 3.50. The monoisotopic (exact) mass is 410 g/mol. The van der Waals surface area contributed by atoms with E-state index in [4.69, 9.17) is 9.73 Å². The van der Waals surface area contributed by atoms with E-state index in [0.29, 0.717) is 6.54 Å². The van der Waals surface area contributed by atoms with Crippen molar-refractivity contribution in [2.24, 2.45) is 4.99 Å². The van der Waals surface area contributed by atoms with E-state index in [9.17, 15) is 0 Å². The van der Waals surface area contributed by atoms with Crippen molar-refractivity contribution in [1.82, 2.24) is 20.5 Å². The molecule has 1 fully saturated rings. The Morgan fingerprint density at radius 3 is 2.70 bits per heavy atom. The predicted molar refractivity (Wildman–Crippen MR) is 123 cm³/mol. The summed E-state index contributed by atoms with van der Waals surface area (Å²) in [5.74, 6) is 2.80. The zero-order valence-electron chi connectivity index (χ0n) is 18.4. The molecule has 30 heavy (non-hydrogen) atoms. The number of para-hydroxylation sites is 1. The molecule has 2 N–H and O–H groups in total. The Morgan fingerprint density at radius 1 is 1.13 bits per heavy atom. The standard InChI is InChI=1S/C23H34N6O/c1-4-24-23(26-12-10-20-7-5-6-8-21(20)30-3)27-18-19-9-11-25-22(17-19)29-15-13-28(2)14-16-29/h5-9,11,17H,4,10,12-16,18H2,1-3H3,(H2,24,26,27). The Morgan fingerprint density at radius 2 is 1.93 bits per heavy atom. The lowest BCUT2D eigenvalue weighted by Crippen LogP contribution is -2.44. The van der Waals surface area contributed by atoms with Gasteiger partial charge < -0.3 is 25.2 Å². The summed E-state index contributed by atoms with van der Waals surface area (Å²) in [4.78, 5) is 14.0. The highest BCUT2D eigenvalue weighted by Gasteiger charge is 2.15. The van der Waals surface area contributed by atoms with Crippen molar-refractivity contribution in [3.05, 3.63) is 53.7 Å². The SMILES string of the molecule is CCNC(=NCc1ccnc(N2CCN(C)CC2)c1)NCCc1ccccc1OC. The number of hydrogen-bond acceptors (Lipinski definition) is 5. The molecule has 2 heterocycles. The lowest BCUT2D eigenvalue weighted by molar-refractivity contribution is 0.312. The second-order valence-corrected chi connectivity index (χ2v) is 7.50. The molecule has 0 atom stereocenters. The Bertz CT molecular complexity index is 817. The van der Waals surface area contributed by atoms with E-state index < -0.39 is 0 Å². The van der Waals surface area contributed by atoms with Gasteiger partial charge in [-0.25, -0.2) is 9.98 Å². The number of guanidine groups is 1. The number of hydrogen-bond donors (Lipinski definition) is 2. The first-order valence-electron chi connectivity index (χ1n) is 10.7. The smallest absolute Gasteiger partial charge is 0.191 e. The molecule has 7 nitrogen and oxygen atoms in total. The molecule has 0 amide bonds. The largest absolute Gasteiger partial charge is 0.496 e. The van der Waals surface area contributed by atoms with E-state index in [1.807, 2.05) is 30.5 Å². The Hall–Kier alpha value is -2.80. The van der Waals surface area contributed by atoms with Gasteiger partial charge in [0.25, 0.3) is 0 Å². The maximum Gasteiger partial charge on any atom is 0.191 e. The number of aromatic nitrogens is 1. The van der Waals surface area contributed by atoms with Crippen molar-refractivity contribution < 1.29 is 4.74 Å². The highest BCUT2D eigenvalue weighted by molar-refractivity contribution is 5.79. The molecular formula is C23H34N6O. The third-order valence-corrected chi connectivity index (χ3v) is 5.28. The second-order valence-electron chi connectivity index (χ2n) is 7.50. The van der Waals surface area contributed by atoms with Crippen LogP contribution in [0.15, 0.2) is 47.6 Å². The van der Waals surface area contributed by atoms with Crippen LogP contribution in [0.4, 0.5) is 5.82 Å². The third-order valence-electron chi connectivity index (χ3n) is 5.28. The van der Waals surface area contributed by atoms with Gasteiger partial charge in [0.1, 0.15) is 11.6 Å². The molecule has 1 aliphatic rings. The van der Waals surface area contributed by atoms with E-state index in [1.54, 1.807) is 7.11 Å². The molecule has 1 aromatic carbocycles. The molecular weight excluding hydrogens is 376 g/mol. The van der Waals surface area contributed by atoms with Crippen LogP contribution in [0.1, 0.15) is 18.1 Å². The van der Waals surface area contributed by atoms with Crippen molar-refractivity contribution in [3.8, 4) is 5.75 Å². The van der Waals surface area contributed by atoms with Crippen LogP contribution in [0.25, 0.3) is 0 Å². The van der Waals surface area contributed by atoms with Gasteiger partial charge in [0, 0.05) is 45.5 Å². The third kappa shape index (κ3) is 6.35. The van der Waals surface area contributed by atoms with Crippen LogP contribution in [0.3, 0.4) is 0 Å². The molecule has 0 radical (unpaired) electrons. The highest BCUT2D eigenvalue weighted by Crippen LogP contribution is 2.17. The summed E-state index contributed by atoms with van der Waals surface area (Å²) in [6, 6.07) is 12.3. The highest BCUT2D eigenvalue weighted by atomic mass is 16.5. The zero-order valence-corrected chi connectivity index (χ0v) is 18.4. The minimum atomic E-state index is 0.618. The maximum absolute atomic E-state index is 5.44. The summed E-state index contributed by atoms with van der Waals surface area (Å²) in [7, 11) is 3.88. The van der Waals surface area contributed by atoms with Gasteiger partial charge in [-0.1, -0.05) is 18.2 Å². The van der Waals surface area contributed by atoms with Crippen molar-refractivity contribution in [2.45, 2.75) is 19.9 Å². The molecule has 1 saturated heterocycles. The Kier molecular flexibility index (Phi) is 8.32. The number of nitrogens with zero attached hydrogens (tertiary/aromatic N) is 4. The van der Waals surface area contributed by atoms with Crippen LogP contribution in [-0.2, 0) is 13.0 Å². The average Bonchev–Trinajstić information content (AvgIpc) is 2.78. The average molecular weight is 411 g/mol. The van der Waals surface area contributed by atoms with Crippen LogP contribution in [0, 0.1) is 0 Å². The number of methoxy groups -OCH3 is 1. The molecule has 0 spiro atoms. The number of pyridine rings is 1. The molecule has 162 valence electrons. The molecule has 1 aromatic heterocycles. The van der Waals surface area contributed by atoms with Crippen LogP contribution in [0.5, 0.6) is 5.75 Å². The van der Waals surface area contributed by atoms with Gasteiger partial charge in [-0.05, 0) is 49.7 Å². The molecule has 3 rings (SSSR count). The van der Waals surface area contributed by atoms with Gasteiger partial charge in [0.15, 0.2) is 5.96 Å². The number of aliphatic imine (C=N–C) groups is 1. The van der Waals surface area contributed by atoms with E-state index in [-0.39, 0.29) is 0 Å². The van der Waals surface area contributed by atoms with Gasteiger partial charge >= 0.3 is 0 Å². The minimum Gasteiger partial charge on any atom is -0.496 e. The number of benzene rings is 1. The fourth-order valence-electron chi connectivity index (χ4n) is 3.50. The summed E-state index contributed by atoms with van der Waals surface area (Å²) in [5, 5.41) is 6.75. The second kappa shape index (κ2) is 11.4. The molecule has 7 heteroatoms. The normalized spacial score (nSPS) is 15.2. The molecule has 1 aliphatic heterocycles. The molecule has 0 aliphatic carbocycles. The van der Waals surface area contributed by atoms with E-state index in [2.05, 4.69) is 51.5 Å². The first-order chi connectivity index (χ1) is 14.7. The van der Waals surface area contributed by atoms with E-state index in [0.717, 1.165) is 63.2 Å². The fraction of sp³-hybridized carbons (Fsp3) is 0.478. The van der Waals surface area contributed by atoms with Gasteiger partial charge in [0.2, 0.25) is 0 Å². The molecule has 0 bridgehead atoms. The Balaban J connectivity index is 1.57. The molecule has 0 unspecified atom stereocenters. The number of anilines is 1. The topological polar surface area (TPSA) is 65.0 Å². The lowest BCUT2D eigenvalue weighted by atomic mass is 10.1. The van der Waals surface area contributed by atoms with Crippen molar-refractivity contribution in [3.63, 3.8) is 0 Å². The van der Waals surface area contributed by atoms with Crippen LogP contribution in [0.2, 0.25) is 0 Å². The number of piperazine rings is 1.